The number of rotatable bonds is 14. The van der Waals surface area contributed by atoms with Crippen molar-refractivity contribution in [3.8, 4) is 0 Å². The van der Waals surface area contributed by atoms with Crippen molar-refractivity contribution >= 4 is 0 Å². The Morgan fingerprint density at radius 2 is 1.36 bits per heavy atom. The molecule has 1 heterocycles. The molecule has 0 radical (unpaired) electrons. The summed E-state index contributed by atoms with van der Waals surface area (Å²) in [5.74, 6) is 0. The molecule has 1 rings (SSSR count). The minimum absolute atomic E-state index is 0.240. The molecule has 22 heavy (non-hydrogen) atoms. The summed E-state index contributed by atoms with van der Waals surface area (Å²) < 4.78 is 0. The molecule has 0 aromatic heterocycles. The summed E-state index contributed by atoms with van der Waals surface area (Å²) in [5, 5.41) is 10.2. The lowest BCUT2D eigenvalue weighted by Crippen LogP contribution is -2.51. The van der Waals surface area contributed by atoms with Gasteiger partial charge in [-0.05, 0) is 19.3 Å². The minimum Gasteiger partial charge on any atom is -0.219 e. The van der Waals surface area contributed by atoms with Gasteiger partial charge >= 0.3 is 0 Å². The molecule has 130 valence electrons. The lowest BCUT2D eigenvalue weighted by Gasteiger charge is -2.39. The summed E-state index contributed by atoms with van der Waals surface area (Å²) in [5.41, 5.74) is 3.32. The summed E-state index contributed by atoms with van der Waals surface area (Å²) in [6, 6.07) is 0. The molecule has 0 amide bonds. The maximum atomic E-state index is 4.07. The summed E-state index contributed by atoms with van der Waals surface area (Å²) in [7, 11) is 0. The minimum atomic E-state index is 0.240. The summed E-state index contributed by atoms with van der Waals surface area (Å²) in [4.78, 5) is 0. The van der Waals surface area contributed by atoms with Crippen LogP contribution < -0.4 is 5.53 Å². The number of hydrogen-bond acceptors (Lipinski definition) is 4. The van der Waals surface area contributed by atoms with Crippen LogP contribution in [0.15, 0.2) is 10.3 Å². The summed E-state index contributed by atoms with van der Waals surface area (Å²) in [6.07, 6.45) is 17.6. The smallest absolute Gasteiger partial charge is 0.134 e. The molecular weight excluding hydrogens is 272 g/mol. The van der Waals surface area contributed by atoms with Crippen molar-refractivity contribution in [2.75, 3.05) is 6.67 Å². The molecule has 0 atom stereocenters. The molecule has 1 N–H and O–H groups in total. The number of nitrogens with one attached hydrogen (secondary N) is 1. The van der Waals surface area contributed by atoms with Crippen molar-refractivity contribution in [1.82, 2.24) is 10.5 Å². The number of hydrazine groups is 1. The second-order valence-corrected chi connectivity index (χ2v) is 6.77. The van der Waals surface area contributed by atoms with E-state index in [4.69, 9.17) is 0 Å². The standard InChI is InChI=1S/C18H38N4/c1-4-7-8-9-10-11-12-13-14-15-16-18(5-2,6-3)22-17-19-20-21-22/h4-17H2,1-3H3,(H,19,21). The molecule has 0 spiro atoms. The Labute approximate surface area is 138 Å². The fourth-order valence-corrected chi connectivity index (χ4v) is 3.53. The van der Waals surface area contributed by atoms with Crippen LogP contribution in [0.2, 0.25) is 0 Å². The van der Waals surface area contributed by atoms with Crippen molar-refractivity contribution in [1.29, 1.82) is 0 Å². The lowest BCUT2D eigenvalue weighted by atomic mass is 9.86. The predicted molar refractivity (Wildman–Crippen MR) is 94.5 cm³/mol. The van der Waals surface area contributed by atoms with Gasteiger partial charge in [0.2, 0.25) is 0 Å². The molecule has 4 nitrogen and oxygen atoms in total. The van der Waals surface area contributed by atoms with Crippen molar-refractivity contribution in [3.05, 3.63) is 0 Å². The van der Waals surface area contributed by atoms with Crippen molar-refractivity contribution in [2.45, 2.75) is 110 Å². The topological polar surface area (TPSA) is 40.0 Å². The average molecular weight is 311 g/mol. The van der Waals surface area contributed by atoms with E-state index < -0.39 is 0 Å². The molecular formula is C18H38N4. The van der Waals surface area contributed by atoms with E-state index in [1.807, 2.05) is 0 Å². The summed E-state index contributed by atoms with van der Waals surface area (Å²) >= 11 is 0. The van der Waals surface area contributed by atoms with E-state index in [0.717, 1.165) is 0 Å². The van der Waals surface area contributed by atoms with Crippen LogP contribution in [0.3, 0.4) is 0 Å². The van der Waals surface area contributed by atoms with Gasteiger partial charge in [0, 0.05) is 5.54 Å². The van der Waals surface area contributed by atoms with Crippen LogP contribution in [0.5, 0.6) is 0 Å². The van der Waals surface area contributed by atoms with Gasteiger partial charge in [0.05, 0.1) is 0 Å². The number of hydrogen-bond donors (Lipinski definition) is 1. The SMILES string of the molecule is CCCCCCCCCCCCC(CC)(CC)N1CN=NN1. The van der Waals surface area contributed by atoms with E-state index in [1.54, 1.807) is 0 Å². The lowest BCUT2D eigenvalue weighted by molar-refractivity contribution is 0.0399. The fourth-order valence-electron chi connectivity index (χ4n) is 3.53. The van der Waals surface area contributed by atoms with Crippen molar-refractivity contribution < 1.29 is 0 Å². The third-order valence-electron chi connectivity index (χ3n) is 5.33. The molecule has 1 aliphatic heterocycles. The van der Waals surface area contributed by atoms with E-state index in [9.17, 15) is 0 Å². The highest BCUT2D eigenvalue weighted by Gasteiger charge is 2.34. The van der Waals surface area contributed by atoms with Gasteiger partial charge in [-0.2, -0.15) is 10.1 Å². The van der Waals surface area contributed by atoms with Gasteiger partial charge in [0.25, 0.3) is 0 Å². The first-order valence-corrected chi connectivity index (χ1v) is 9.69. The molecule has 0 saturated heterocycles. The molecule has 0 aromatic carbocycles. The van der Waals surface area contributed by atoms with Gasteiger partial charge in [-0.3, -0.25) is 0 Å². The number of nitrogens with zero attached hydrogens (tertiary/aromatic N) is 3. The van der Waals surface area contributed by atoms with Crippen LogP contribution in [0.1, 0.15) is 104 Å². The Morgan fingerprint density at radius 1 is 0.818 bits per heavy atom. The average Bonchev–Trinajstić information content (AvgIpc) is 3.08. The first-order chi connectivity index (χ1) is 10.8. The highest BCUT2D eigenvalue weighted by molar-refractivity contribution is 4.86. The second-order valence-electron chi connectivity index (χ2n) is 6.77. The fraction of sp³-hybridized carbons (Fsp3) is 1.00. The van der Waals surface area contributed by atoms with Crippen molar-refractivity contribution in [3.63, 3.8) is 0 Å². The van der Waals surface area contributed by atoms with Crippen LogP contribution in [0.4, 0.5) is 0 Å². The maximum absolute atomic E-state index is 4.07. The van der Waals surface area contributed by atoms with Gasteiger partial charge in [-0.1, -0.05) is 90.2 Å². The van der Waals surface area contributed by atoms with Crippen molar-refractivity contribution in [2.24, 2.45) is 10.3 Å². The molecule has 1 aliphatic rings. The van der Waals surface area contributed by atoms with Gasteiger partial charge in [0.1, 0.15) is 6.67 Å². The van der Waals surface area contributed by atoms with E-state index in [2.05, 4.69) is 41.7 Å². The van der Waals surface area contributed by atoms with Crippen LogP contribution in [0, 0.1) is 0 Å². The van der Waals surface area contributed by atoms with Gasteiger partial charge < -0.3 is 0 Å². The zero-order valence-corrected chi connectivity index (χ0v) is 15.2. The van der Waals surface area contributed by atoms with E-state index in [1.165, 1.54) is 83.5 Å². The first kappa shape index (κ1) is 19.4. The monoisotopic (exact) mass is 310 g/mol. The first-order valence-electron chi connectivity index (χ1n) is 9.69. The van der Waals surface area contributed by atoms with Crippen LogP contribution in [0.25, 0.3) is 0 Å². The van der Waals surface area contributed by atoms with Gasteiger partial charge in [-0.15, -0.1) is 0 Å². The maximum Gasteiger partial charge on any atom is 0.134 e. The normalized spacial score (nSPS) is 15.4. The molecule has 0 fully saturated rings. The quantitative estimate of drug-likeness (QED) is 0.400. The summed E-state index contributed by atoms with van der Waals surface area (Å²) in [6.45, 7) is 7.57. The molecule has 4 heteroatoms. The predicted octanol–water partition coefficient (Wildman–Crippen LogP) is 6.00. The van der Waals surface area contributed by atoms with Gasteiger partial charge in [0.15, 0.2) is 0 Å². The second kappa shape index (κ2) is 11.9. The zero-order chi connectivity index (χ0) is 16.1. The highest BCUT2D eigenvalue weighted by atomic mass is 15.8. The van der Waals surface area contributed by atoms with Crippen LogP contribution >= 0.6 is 0 Å². The Hall–Kier alpha value is -0.640. The Kier molecular flexibility index (Phi) is 10.5. The molecule has 0 aromatic rings. The van der Waals surface area contributed by atoms with Crippen LogP contribution in [-0.2, 0) is 0 Å². The largest absolute Gasteiger partial charge is 0.219 e. The van der Waals surface area contributed by atoms with E-state index in [-0.39, 0.29) is 5.54 Å². The molecule has 0 saturated carbocycles. The highest BCUT2D eigenvalue weighted by Crippen LogP contribution is 2.30. The Balaban J connectivity index is 2.06. The Morgan fingerprint density at radius 3 is 1.82 bits per heavy atom. The third kappa shape index (κ3) is 6.64. The van der Waals surface area contributed by atoms with Crippen LogP contribution in [-0.4, -0.2) is 17.2 Å². The molecule has 0 unspecified atom stereocenters. The van der Waals surface area contributed by atoms with Gasteiger partial charge in [-0.25, -0.2) is 5.53 Å². The zero-order valence-electron chi connectivity index (χ0n) is 15.2. The van der Waals surface area contributed by atoms with E-state index in [0.29, 0.717) is 6.67 Å². The number of unbranched alkanes of at least 4 members (excludes halogenated alkanes) is 9. The van der Waals surface area contributed by atoms with E-state index >= 15 is 0 Å². The molecule has 0 bridgehead atoms. The third-order valence-corrected chi connectivity index (χ3v) is 5.33. The Bertz CT molecular complexity index is 279. The molecule has 0 aliphatic carbocycles.